The molecular formula is C21H14ClF2N7O. The third kappa shape index (κ3) is 3.44. The molecule has 8 nitrogen and oxygen atoms in total. The van der Waals surface area contributed by atoms with Crippen molar-refractivity contribution in [3.8, 4) is 34.1 Å². The summed E-state index contributed by atoms with van der Waals surface area (Å²) in [5, 5.41) is 8.59. The number of fused-ring (bicyclic) bond motifs is 1. The van der Waals surface area contributed by atoms with Gasteiger partial charge >= 0.3 is 0 Å². The minimum Gasteiger partial charge on any atom is -0.384 e. The molecule has 0 amide bonds. The minimum atomic E-state index is -2.78. The fraction of sp³-hybridized carbons (Fsp3) is 0.0952. The van der Waals surface area contributed by atoms with Crippen molar-refractivity contribution in [2.75, 3.05) is 5.73 Å². The minimum absolute atomic E-state index is 0.0870. The highest BCUT2D eigenvalue weighted by atomic mass is 35.5. The van der Waals surface area contributed by atoms with Crippen LogP contribution < -0.4 is 5.73 Å². The predicted octanol–water partition coefficient (Wildman–Crippen LogP) is 4.99. The molecule has 5 aromatic rings. The molecule has 0 unspecified atom stereocenters. The van der Waals surface area contributed by atoms with Crippen LogP contribution in [0.25, 0.3) is 39.7 Å². The standard InChI is InChI=1S/C21H14ClF2N7O/c1-10-6-11(2-4-14(10)22)15-7-16(18(23)24)31-20(28-15)13(9-27-31)21-29-19(30-32-21)12-3-5-17(25)26-8-12/h2-9,18H,1H3,(H2,25,26). The summed E-state index contributed by atoms with van der Waals surface area (Å²) < 4.78 is 34.1. The third-order valence-electron chi connectivity index (χ3n) is 4.88. The van der Waals surface area contributed by atoms with Crippen molar-refractivity contribution in [2.45, 2.75) is 13.3 Å². The van der Waals surface area contributed by atoms with Crippen molar-refractivity contribution < 1.29 is 13.3 Å². The van der Waals surface area contributed by atoms with E-state index in [1.54, 1.807) is 30.3 Å². The topological polar surface area (TPSA) is 108 Å². The zero-order valence-electron chi connectivity index (χ0n) is 16.5. The molecule has 0 radical (unpaired) electrons. The number of aryl methyl sites for hydroxylation is 1. The van der Waals surface area contributed by atoms with E-state index in [2.05, 4.69) is 25.2 Å². The first-order chi connectivity index (χ1) is 15.4. The molecule has 0 aliphatic carbocycles. The highest BCUT2D eigenvalue weighted by molar-refractivity contribution is 6.31. The molecule has 11 heteroatoms. The Balaban J connectivity index is 1.65. The number of rotatable bonds is 4. The fourth-order valence-electron chi connectivity index (χ4n) is 3.23. The summed E-state index contributed by atoms with van der Waals surface area (Å²) in [5.41, 5.74) is 8.15. The summed E-state index contributed by atoms with van der Waals surface area (Å²) in [6, 6.07) is 9.81. The molecule has 0 saturated heterocycles. The number of pyridine rings is 1. The van der Waals surface area contributed by atoms with E-state index in [1.807, 2.05) is 6.92 Å². The lowest BCUT2D eigenvalue weighted by atomic mass is 10.1. The maximum absolute atomic E-state index is 13.8. The average molecular weight is 454 g/mol. The van der Waals surface area contributed by atoms with E-state index < -0.39 is 6.43 Å². The van der Waals surface area contributed by atoms with Gasteiger partial charge in [-0.15, -0.1) is 0 Å². The quantitative estimate of drug-likeness (QED) is 0.408. The summed E-state index contributed by atoms with van der Waals surface area (Å²) >= 11 is 6.10. The zero-order chi connectivity index (χ0) is 22.4. The van der Waals surface area contributed by atoms with E-state index in [0.717, 1.165) is 10.1 Å². The number of nitrogens with two attached hydrogens (primary N) is 1. The zero-order valence-corrected chi connectivity index (χ0v) is 17.3. The molecule has 2 N–H and O–H groups in total. The number of alkyl halides is 2. The Morgan fingerprint density at radius 2 is 1.88 bits per heavy atom. The van der Waals surface area contributed by atoms with Gasteiger partial charge in [0.1, 0.15) is 17.1 Å². The van der Waals surface area contributed by atoms with E-state index in [1.165, 1.54) is 18.5 Å². The van der Waals surface area contributed by atoms with Crippen LogP contribution in [0, 0.1) is 6.92 Å². The number of hydrogen-bond acceptors (Lipinski definition) is 7. The van der Waals surface area contributed by atoms with Crippen LogP contribution >= 0.6 is 11.6 Å². The Labute approximate surface area is 184 Å². The van der Waals surface area contributed by atoms with E-state index in [0.29, 0.717) is 33.2 Å². The molecule has 0 atom stereocenters. The van der Waals surface area contributed by atoms with Gasteiger partial charge in [0.2, 0.25) is 5.82 Å². The molecule has 4 aromatic heterocycles. The monoisotopic (exact) mass is 453 g/mol. The van der Waals surface area contributed by atoms with Crippen LogP contribution in [0.15, 0.2) is 53.3 Å². The van der Waals surface area contributed by atoms with E-state index >= 15 is 0 Å². The van der Waals surface area contributed by atoms with Gasteiger partial charge in [-0.3, -0.25) is 0 Å². The van der Waals surface area contributed by atoms with Crippen molar-refractivity contribution in [1.82, 2.24) is 29.7 Å². The highest BCUT2D eigenvalue weighted by Crippen LogP contribution is 2.32. The van der Waals surface area contributed by atoms with Gasteiger partial charge in [0.05, 0.1) is 11.9 Å². The van der Waals surface area contributed by atoms with Crippen molar-refractivity contribution in [3.05, 3.63) is 65.1 Å². The Bertz CT molecular complexity index is 1450. The molecule has 0 spiro atoms. The van der Waals surface area contributed by atoms with E-state index in [4.69, 9.17) is 21.9 Å². The molecule has 32 heavy (non-hydrogen) atoms. The first kappa shape index (κ1) is 20.0. The third-order valence-corrected chi connectivity index (χ3v) is 5.30. The van der Waals surface area contributed by atoms with Gasteiger partial charge in [0.15, 0.2) is 5.65 Å². The number of nitrogens with zero attached hydrogens (tertiary/aromatic N) is 6. The van der Waals surface area contributed by atoms with Crippen molar-refractivity contribution in [1.29, 1.82) is 0 Å². The largest absolute Gasteiger partial charge is 0.384 e. The Morgan fingerprint density at radius 1 is 1.06 bits per heavy atom. The van der Waals surface area contributed by atoms with E-state index in [9.17, 15) is 8.78 Å². The lowest BCUT2D eigenvalue weighted by molar-refractivity contribution is 0.143. The second kappa shape index (κ2) is 7.65. The van der Waals surface area contributed by atoms with Gasteiger partial charge in [-0.05, 0) is 42.8 Å². The summed E-state index contributed by atoms with van der Waals surface area (Å²) in [4.78, 5) is 12.9. The van der Waals surface area contributed by atoms with E-state index in [-0.39, 0.29) is 23.1 Å². The van der Waals surface area contributed by atoms with Crippen molar-refractivity contribution in [3.63, 3.8) is 0 Å². The van der Waals surface area contributed by atoms with Crippen LogP contribution in [0.5, 0.6) is 0 Å². The van der Waals surface area contributed by atoms with Crippen LogP contribution in [0.2, 0.25) is 5.02 Å². The molecular weight excluding hydrogens is 440 g/mol. The van der Waals surface area contributed by atoms with Gasteiger partial charge in [-0.2, -0.15) is 10.1 Å². The van der Waals surface area contributed by atoms with Crippen LogP contribution in [0.1, 0.15) is 17.7 Å². The molecule has 0 aliphatic heterocycles. The first-order valence-corrected chi connectivity index (χ1v) is 9.78. The van der Waals surface area contributed by atoms with Crippen LogP contribution in [0.3, 0.4) is 0 Å². The highest BCUT2D eigenvalue weighted by Gasteiger charge is 2.22. The number of hydrogen-bond donors (Lipinski definition) is 1. The molecule has 0 bridgehead atoms. The van der Waals surface area contributed by atoms with Crippen LogP contribution in [-0.2, 0) is 0 Å². The normalized spacial score (nSPS) is 11.5. The van der Waals surface area contributed by atoms with Gasteiger partial charge < -0.3 is 10.3 Å². The molecule has 0 saturated carbocycles. The van der Waals surface area contributed by atoms with Gasteiger partial charge in [0.25, 0.3) is 12.3 Å². The summed E-state index contributed by atoms with van der Waals surface area (Å²) in [6.45, 7) is 1.83. The lowest BCUT2D eigenvalue weighted by Crippen LogP contribution is -2.02. The number of anilines is 1. The number of halogens is 3. The van der Waals surface area contributed by atoms with Gasteiger partial charge in [-0.1, -0.05) is 22.8 Å². The average Bonchev–Trinajstić information content (AvgIpc) is 3.42. The summed E-state index contributed by atoms with van der Waals surface area (Å²) in [6.07, 6.45) is 0.0946. The fourth-order valence-corrected chi connectivity index (χ4v) is 3.35. The van der Waals surface area contributed by atoms with Crippen LogP contribution in [0.4, 0.5) is 14.6 Å². The summed E-state index contributed by atoms with van der Waals surface area (Å²) in [7, 11) is 0. The molecule has 5 rings (SSSR count). The molecule has 0 fully saturated rings. The molecule has 160 valence electrons. The predicted molar refractivity (Wildman–Crippen MR) is 114 cm³/mol. The van der Waals surface area contributed by atoms with Gasteiger partial charge in [-0.25, -0.2) is 23.3 Å². The second-order valence-electron chi connectivity index (χ2n) is 7.02. The Morgan fingerprint density at radius 3 is 2.59 bits per heavy atom. The Kier molecular flexibility index (Phi) is 4.78. The SMILES string of the molecule is Cc1cc(-c2cc(C(F)F)n3ncc(-c4nc(-c5ccc(N)nc5)no4)c3n2)ccc1Cl. The number of nitrogen functional groups attached to an aromatic ring is 1. The first-order valence-electron chi connectivity index (χ1n) is 9.40. The smallest absolute Gasteiger partial charge is 0.280 e. The molecule has 4 heterocycles. The number of aromatic nitrogens is 6. The lowest BCUT2D eigenvalue weighted by Gasteiger charge is -2.09. The number of benzene rings is 1. The Hall–Kier alpha value is -3.92. The van der Waals surface area contributed by atoms with Crippen molar-refractivity contribution >= 4 is 23.1 Å². The molecule has 0 aliphatic rings. The maximum Gasteiger partial charge on any atom is 0.280 e. The molecule has 1 aromatic carbocycles. The summed E-state index contributed by atoms with van der Waals surface area (Å²) in [5.74, 6) is 0.711. The van der Waals surface area contributed by atoms with Gasteiger partial charge in [0, 0.05) is 22.3 Å². The second-order valence-corrected chi connectivity index (χ2v) is 7.43. The van der Waals surface area contributed by atoms with Crippen LogP contribution in [-0.4, -0.2) is 29.7 Å². The van der Waals surface area contributed by atoms with Crippen molar-refractivity contribution in [2.24, 2.45) is 0 Å². The maximum atomic E-state index is 13.8.